The van der Waals surface area contributed by atoms with Crippen LogP contribution in [0.15, 0.2) is 18.2 Å². The van der Waals surface area contributed by atoms with Gasteiger partial charge in [0, 0.05) is 13.1 Å². The second-order valence-electron chi connectivity index (χ2n) is 4.16. The molecule has 1 aromatic rings. The Balaban J connectivity index is 2.05. The first-order chi connectivity index (χ1) is 7.83. The van der Waals surface area contributed by atoms with Gasteiger partial charge in [-0.3, -0.25) is 0 Å². The van der Waals surface area contributed by atoms with Gasteiger partial charge in [0.25, 0.3) is 0 Å². The number of rotatable bonds is 2. The largest absolute Gasteiger partial charge is 0.357 e. The first-order valence-electron chi connectivity index (χ1n) is 5.65. The van der Waals surface area contributed by atoms with Crippen LogP contribution in [-0.2, 0) is 0 Å². The van der Waals surface area contributed by atoms with E-state index in [2.05, 4.69) is 16.0 Å². The Bertz CT molecular complexity index is 388. The van der Waals surface area contributed by atoms with E-state index in [0.717, 1.165) is 38.3 Å². The maximum atomic E-state index is 8.79. The number of anilines is 1. The summed E-state index contributed by atoms with van der Waals surface area (Å²) >= 11 is 0. The quantitative estimate of drug-likeness (QED) is 0.804. The van der Waals surface area contributed by atoms with Gasteiger partial charge in [-0.2, -0.15) is 5.26 Å². The molecule has 4 nitrogen and oxygen atoms in total. The number of nitrogens with zero attached hydrogens (tertiary/aromatic N) is 3. The fourth-order valence-electron chi connectivity index (χ4n) is 2.06. The molecule has 0 saturated carbocycles. The highest BCUT2D eigenvalue weighted by molar-refractivity contribution is 5.41. The van der Waals surface area contributed by atoms with Gasteiger partial charge in [0.1, 0.15) is 17.6 Å². The molecule has 2 rings (SSSR count). The molecule has 1 saturated heterocycles. The lowest BCUT2D eigenvalue weighted by Crippen LogP contribution is -2.36. The molecule has 0 radical (unpaired) electrons. The van der Waals surface area contributed by atoms with E-state index in [4.69, 9.17) is 11.0 Å². The zero-order valence-electron chi connectivity index (χ0n) is 9.26. The highest BCUT2D eigenvalue weighted by atomic mass is 15.2. The minimum Gasteiger partial charge on any atom is -0.357 e. The summed E-state index contributed by atoms with van der Waals surface area (Å²) < 4.78 is 0. The van der Waals surface area contributed by atoms with Gasteiger partial charge < -0.3 is 10.6 Å². The molecule has 2 heterocycles. The summed E-state index contributed by atoms with van der Waals surface area (Å²) in [5.74, 6) is 1.56. The third-order valence-electron chi connectivity index (χ3n) is 3.12. The molecule has 1 aliphatic heterocycles. The Morgan fingerprint density at radius 2 is 2.19 bits per heavy atom. The summed E-state index contributed by atoms with van der Waals surface area (Å²) in [6, 6.07) is 7.65. The molecule has 2 N–H and O–H groups in total. The lowest BCUT2D eigenvalue weighted by atomic mass is 9.97. The molecule has 0 aromatic carbocycles. The standard InChI is InChI=1S/C12H16N4/c13-8-10-4-6-16(7-5-10)12-3-1-2-11(9-14)15-12/h1-3,10H,4-8,13H2. The Morgan fingerprint density at radius 1 is 1.44 bits per heavy atom. The average Bonchev–Trinajstić information content (AvgIpc) is 2.39. The third-order valence-corrected chi connectivity index (χ3v) is 3.12. The molecule has 0 atom stereocenters. The molecule has 16 heavy (non-hydrogen) atoms. The van der Waals surface area contributed by atoms with Crippen LogP contribution >= 0.6 is 0 Å². The number of piperidine rings is 1. The topological polar surface area (TPSA) is 65.9 Å². The van der Waals surface area contributed by atoms with E-state index in [1.54, 1.807) is 6.07 Å². The van der Waals surface area contributed by atoms with Crippen molar-refractivity contribution in [3.63, 3.8) is 0 Å². The van der Waals surface area contributed by atoms with Gasteiger partial charge in [-0.15, -0.1) is 0 Å². The number of hydrogen-bond donors (Lipinski definition) is 1. The van der Waals surface area contributed by atoms with Crippen molar-refractivity contribution in [3.05, 3.63) is 23.9 Å². The smallest absolute Gasteiger partial charge is 0.142 e. The zero-order chi connectivity index (χ0) is 11.4. The van der Waals surface area contributed by atoms with E-state index in [1.807, 2.05) is 12.1 Å². The average molecular weight is 216 g/mol. The van der Waals surface area contributed by atoms with E-state index in [9.17, 15) is 0 Å². The van der Waals surface area contributed by atoms with E-state index >= 15 is 0 Å². The fourth-order valence-corrected chi connectivity index (χ4v) is 2.06. The number of hydrogen-bond acceptors (Lipinski definition) is 4. The van der Waals surface area contributed by atoms with Gasteiger partial charge in [-0.25, -0.2) is 4.98 Å². The lowest BCUT2D eigenvalue weighted by molar-refractivity contribution is 0.413. The van der Waals surface area contributed by atoms with E-state index in [-0.39, 0.29) is 0 Å². The molecule has 84 valence electrons. The van der Waals surface area contributed by atoms with Crippen molar-refractivity contribution in [2.45, 2.75) is 12.8 Å². The van der Waals surface area contributed by atoms with Crippen LogP contribution in [0.3, 0.4) is 0 Å². The van der Waals surface area contributed by atoms with Crippen LogP contribution in [0.5, 0.6) is 0 Å². The van der Waals surface area contributed by atoms with Crippen LogP contribution in [0.1, 0.15) is 18.5 Å². The second-order valence-corrected chi connectivity index (χ2v) is 4.16. The molecule has 4 heteroatoms. The van der Waals surface area contributed by atoms with E-state index in [1.165, 1.54) is 0 Å². The van der Waals surface area contributed by atoms with Crippen LogP contribution in [0.4, 0.5) is 5.82 Å². The molecular formula is C12H16N4. The van der Waals surface area contributed by atoms with Crippen molar-refractivity contribution >= 4 is 5.82 Å². The summed E-state index contributed by atoms with van der Waals surface area (Å²) in [7, 11) is 0. The van der Waals surface area contributed by atoms with Crippen LogP contribution < -0.4 is 10.6 Å². The number of nitrogens with two attached hydrogens (primary N) is 1. The van der Waals surface area contributed by atoms with E-state index < -0.39 is 0 Å². The predicted octanol–water partition coefficient (Wildman–Crippen LogP) is 1.13. The maximum Gasteiger partial charge on any atom is 0.142 e. The Hall–Kier alpha value is -1.60. The molecule has 0 spiro atoms. The summed E-state index contributed by atoms with van der Waals surface area (Å²) in [6.07, 6.45) is 2.24. The van der Waals surface area contributed by atoms with Gasteiger partial charge in [0.05, 0.1) is 0 Å². The lowest BCUT2D eigenvalue weighted by Gasteiger charge is -2.32. The molecule has 0 unspecified atom stereocenters. The Labute approximate surface area is 95.7 Å². The van der Waals surface area contributed by atoms with Crippen molar-refractivity contribution < 1.29 is 0 Å². The van der Waals surface area contributed by atoms with Crippen molar-refractivity contribution in [3.8, 4) is 6.07 Å². The third kappa shape index (κ3) is 2.31. The first-order valence-corrected chi connectivity index (χ1v) is 5.65. The molecule has 1 aliphatic rings. The second kappa shape index (κ2) is 4.95. The fraction of sp³-hybridized carbons (Fsp3) is 0.500. The molecule has 1 fully saturated rings. The summed E-state index contributed by atoms with van der Waals surface area (Å²) in [4.78, 5) is 6.53. The van der Waals surface area contributed by atoms with Gasteiger partial charge in [0.15, 0.2) is 0 Å². The number of pyridine rings is 1. The molecule has 1 aromatic heterocycles. The molecular weight excluding hydrogens is 200 g/mol. The number of aromatic nitrogens is 1. The van der Waals surface area contributed by atoms with Crippen molar-refractivity contribution in [2.24, 2.45) is 11.7 Å². The van der Waals surface area contributed by atoms with Crippen LogP contribution in [0.25, 0.3) is 0 Å². The first kappa shape index (κ1) is 10.9. The summed E-state index contributed by atoms with van der Waals surface area (Å²) in [6.45, 7) is 2.76. The molecule has 0 amide bonds. The van der Waals surface area contributed by atoms with E-state index in [0.29, 0.717) is 11.6 Å². The van der Waals surface area contributed by atoms with Crippen LogP contribution in [0, 0.1) is 17.2 Å². The maximum absolute atomic E-state index is 8.79. The zero-order valence-corrected chi connectivity index (χ0v) is 9.26. The van der Waals surface area contributed by atoms with Gasteiger partial charge >= 0.3 is 0 Å². The van der Waals surface area contributed by atoms with Gasteiger partial charge in [0.2, 0.25) is 0 Å². The highest BCUT2D eigenvalue weighted by Gasteiger charge is 2.18. The summed E-state index contributed by atoms with van der Waals surface area (Å²) in [5, 5.41) is 8.79. The van der Waals surface area contributed by atoms with Gasteiger partial charge in [-0.05, 0) is 37.4 Å². The Morgan fingerprint density at radius 3 is 2.81 bits per heavy atom. The summed E-state index contributed by atoms with van der Waals surface area (Å²) in [5.41, 5.74) is 6.14. The van der Waals surface area contributed by atoms with Crippen molar-refractivity contribution in [1.82, 2.24) is 4.98 Å². The molecule has 0 aliphatic carbocycles. The highest BCUT2D eigenvalue weighted by Crippen LogP contribution is 2.20. The van der Waals surface area contributed by atoms with Crippen LogP contribution in [0.2, 0.25) is 0 Å². The van der Waals surface area contributed by atoms with Crippen molar-refractivity contribution in [1.29, 1.82) is 5.26 Å². The monoisotopic (exact) mass is 216 g/mol. The predicted molar refractivity (Wildman–Crippen MR) is 62.9 cm³/mol. The minimum absolute atomic E-state index is 0.485. The normalized spacial score (nSPS) is 17.1. The van der Waals surface area contributed by atoms with Gasteiger partial charge in [-0.1, -0.05) is 6.07 Å². The molecule has 0 bridgehead atoms. The SMILES string of the molecule is N#Cc1cccc(N2CCC(CN)CC2)n1. The number of nitriles is 1. The minimum atomic E-state index is 0.485. The Kier molecular flexibility index (Phi) is 3.37. The van der Waals surface area contributed by atoms with Crippen LogP contribution in [-0.4, -0.2) is 24.6 Å². The van der Waals surface area contributed by atoms with Crippen molar-refractivity contribution in [2.75, 3.05) is 24.5 Å².